The van der Waals surface area contributed by atoms with E-state index in [9.17, 15) is 9.18 Å². The normalized spacial score (nSPS) is 15.2. The first kappa shape index (κ1) is 17.8. The number of halogens is 1. The summed E-state index contributed by atoms with van der Waals surface area (Å²) in [6, 6.07) is 14.5. The monoisotopic (exact) mass is 388 g/mol. The van der Waals surface area contributed by atoms with E-state index >= 15 is 0 Å². The summed E-state index contributed by atoms with van der Waals surface area (Å²) in [5.74, 6) is 0.642. The van der Waals surface area contributed by atoms with Crippen molar-refractivity contribution < 1.29 is 4.39 Å². The van der Waals surface area contributed by atoms with Crippen molar-refractivity contribution in [1.29, 1.82) is 0 Å². The molecule has 2 aromatic heterocycles. The molecule has 0 saturated heterocycles. The van der Waals surface area contributed by atoms with Gasteiger partial charge in [-0.3, -0.25) is 4.57 Å². The Balaban J connectivity index is 1.71. The van der Waals surface area contributed by atoms with Crippen LogP contribution in [-0.4, -0.2) is 19.5 Å². The molecule has 0 unspecified atom stereocenters. The highest BCUT2D eigenvalue weighted by atomic mass is 19.1. The lowest BCUT2D eigenvalue weighted by Gasteiger charge is -2.18. The minimum atomic E-state index is -0.480. The van der Waals surface area contributed by atoms with Gasteiger partial charge in [-0.15, -0.1) is 0 Å². The van der Waals surface area contributed by atoms with Crippen LogP contribution in [0.2, 0.25) is 0 Å². The molecular weight excluding hydrogens is 367 g/mol. The Hall–Kier alpha value is -3.28. The number of hydrogen-bond acceptors (Lipinski definition) is 3. The summed E-state index contributed by atoms with van der Waals surface area (Å²) in [6.07, 6.45) is 3.30. The molecule has 4 aromatic rings. The van der Waals surface area contributed by atoms with E-state index in [1.165, 1.54) is 12.1 Å². The molecule has 1 N–H and O–H groups in total. The number of nitrogens with zero attached hydrogens (tertiary/aromatic N) is 3. The number of fused-ring (bicyclic) bond motifs is 1. The van der Waals surface area contributed by atoms with Crippen LogP contribution in [0.15, 0.2) is 59.5 Å². The van der Waals surface area contributed by atoms with E-state index in [0.717, 1.165) is 29.5 Å². The topological polar surface area (TPSA) is 63.6 Å². The maximum absolute atomic E-state index is 13.4. The average molecular weight is 388 g/mol. The summed E-state index contributed by atoms with van der Waals surface area (Å²) in [5, 5.41) is 0. The molecule has 2 heterocycles. The van der Waals surface area contributed by atoms with Crippen molar-refractivity contribution in [3.05, 3.63) is 82.2 Å². The van der Waals surface area contributed by atoms with Crippen LogP contribution >= 0.6 is 0 Å². The zero-order valence-electron chi connectivity index (χ0n) is 16.3. The molecule has 0 radical (unpaired) electrons. The van der Waals surface area contributed by atoms with E-state index in [1.54, 1.807) is 22.9 Å². The lowest BCUT2D eigenvalue weighted by Crippen LogP contribution is -2.29. The second-order valence-electron chi connectivity index (χ2n) is 7.98. The maximum atomic E-state index is 13.4. The van der Waals surface area contributed by atoms with Crippen LogP contribution in [0.1, 0.15) is 43.7 Å². The largest absolute Gasteiger partial charge is 0.328 e. The molecular formula is C23H21FN4O. The van der Waals surface area contributed by atoms with Gasteiger partial charge in [0.05, 0.1) is 11.7 Å². The number of H-pyrrole nitrogens is 1. The van der Waals surface area contributed by atoms with Gasteiger partial charge in [-0.05, 0) is 42.0 Å². The van der Waals surface area contributed by atoms with Crippen LogP contribution < -0.4 is 5.69 Å². The molecule has 6 heteroatoms. The first-order valence-corrected chi connectivity index (χ1v) is 9.83. The van der Waals surface area contributed by atoms with E-state index in [1.807, 2.05) is 18.2 Å². The first-order chi connectivity index (χ1) is 14.0. The fourth-order valence-electron chi connectivity index (χ4n) is 4.15. The molecule has 146 valence electrons. The van der Waals surface area contributed by atoms with E-state index < -0.39 is 5.54 Å². The van der Waals surface area contributed by atoms with Gasteiger partial charge in [0.25, 0.3) is 0 Å². The van der Waals surface area contributed by atoms with Crippen molar-refractivity contribution >= 4 is 11.2 Å². The van der Waals surface area contributed by atoms with Crippen LogP contribution in [0.25, 0.3) is 22.6 Å². The van der Waals surface area contributed by atoms with Gasteiger partial charge < -0.3 is 4.98 Å². The summed E-state index contributed by atoms with van der Waals surface area (Å²) in [5.41, 5.74) is 3.54. The number of benzene rings is 2. The molecule has 29 heavy (non-hydrogen) atoms. The summed E-state index contributed by atoms with van der Waals surface area (Å²) in [7, 11) is 0. The molecule has 5 nitrogen and oxygen atoms in total. The summed E-state index contributed by atoms with van der Waals surface area (Å²) < 4.78 is 15.1. The number of rotatable bonds is 4. The van der Waals surface area contributed by atoms with Crippen molar-refractivity contribution in [1.82, 2.24) is 19.5 Å². The van der Waals surface area contributed by atoms with Crippen LogP contribution in [0.5, 0.6) is 0 Å². The average Bonchev–Trinajstić information content (AvgIpc) is 3.44. The second-order valence-corrected chi connectivity index (χ2v) is 7.98. The van der Waals surface area contributed by atoms with Gasteiger partial charge >= 0.3 is 5.69 Å². The van der Waals surface area contributed by atoms with Crippen LogP contribution in [0.3, 0.4) is 0 Å². The van der Waals surface area contributed by atoms with Crippen LogP contribution in [0, 0.1) is 5.82 Å². The SMILES string of the molecule is CC(C)c1ccccc1-c1ncc2[nH]c(=O)n(C3(c4ccc(F)cc4)CC3)c2n1. The van der Waals surface area contributed by atoms with Gasteiger partial charge in [0, 0.05) is 5.56 Å². The molecule has 1 saturated carbocycles. The summed E-state index contributed by atoms with van der Waals surface area (Å²) in [4.78, 5) is 25.1. The van der Waals surface area contributed by atoms with Crippen LogP contribution in [0.4, 0.5) is 4.39 Å². The Morgan fingerprint density at radius 2 is 1.83 bits per heavy atom. The van der Waals surface area contributed by atoms with Crippen molar-refractivity contribution in [2.24, 2.45) is 0 Å². The smallest absolute Gasteiger partial charge is 0.303 e. The van der Waals surface area contributed by atoms with E-state index in [2.05, 4.69) is 29.9 Å². The van der Waals surface area contributed by atoms with Gasteiger partial charge in [-0.1, -0.05) is 50.2 Å². The lowest BCUT2D eigenvalue weighted by molar-refractivity contribution is 0.563. The van der Waals surface area contributed by atoms with E-state index in [0.29, 0.717) is 22.9 Å². The third-order valence-electron chi connectivity index (χ3n) is 5.78. The molecule has 0 spiro atoms. The Morgan fingerprint density at radius 1 is 1.10 bits per heavy atom. The number of imidazole rings is 1. The zero-order valence-corrected chi connectivity index (χ0v) is 16.3. The van der Waals surface area contributed by atoms with Crippen molar-refractivity contribution in [2.75, 3.05) is 0 Å². The fourth-order valence-corrected chi connectivity index (χ4v) is 4.15. The number of nitrogens with one attached hydrogen (secondary N) is 1. The quantitative estimate of drug-likeness (QED) is 0.556. The molecule has 1 aliphatic carbocycles. The predicted octanol–water partition coefficient (Wildman–Crippen LogP) is 4.59. The first-order valence-electron chi connectivity index (χ1n) is 9.83. The summed E-state index contributed by atoms with van der Waals surface area (Å²) in [6.45, 7) is 4.27. The standard InChI is InChI=1S/C23H21FN4O/c1-14(2)17-5-3-4-6-18(17)20-25-13-19-21(27-20)28(22(29)26-19)23(11-12-23)15-7-9-16(24)10-8-15/h3-10,13-14H,11-12H2,1-2H3,(H,26,29). The molecule has 0 aliphatic heterocycles. The Morgan fingerprint density at radius 3 is 2.52 bits per heavy atom. The van der Waals surface area contributed by atoms with Gasteiger partial charge in [-0.2, -0.15) is 0 Å². The number of aromatic amines is 1. The van der Waals surface area contributed by atoms with Gasteiger partial charge in [0.15, 0.2) is 11.5 Å². The maximum Gasteiger partial charge on any atom is 0.328 e. The number of aromatic nitrogens is 4. The minimum absolute atomic E-state index is 0.217. The van der Waals surface area contributed by atoms with Gasteiger partial charge in [-0.25, -0.2) is 19.2 Å². The lowest BCUT2D eigenvalue weighted by atomic mass is 9.97. The van der Waals surface area contributed by atoms with Gasteiger partial charge in [0.1, 0.15) is 11.3 Å². The number of hydrogen-bond donors (Lipinski definition) is 1. The fraction of sp³-hybridized carbons (Fsp3) is 0.261. The Kier molecular flexibility index (Phi) is 3.91. The predicted molar refractivity (Wildman–Crippen MR) is 110 cm³/mol. The van der Waals surface area contributed by atoms with Crippen molar-refractivity contribution in [2.45, 2.75) is 38.1 Å². The Bertz CT molecular complexity index is 1270. The highest BCUT2D eigenvalue weighted by molar-refractivity contribution is 5.74. The Labute approximate surface area is 167 Å². The summed E-state index contributed by atoms with van der Waals surface area (Å²) >= 11 is 0. The molecule has 5 rings (SSSR count). The molecule has 2 aromatic carbocycles. The van der Waals surface area contributed by atoms with Crippen LogP contribution in [-0.2, 0) is 5.54 Å². The second kappa shape index (κ2) is 6.37. The molecule has 0 atom stereocenters. The van der Waals surface area contributed by atoms with Gasteiger partial charge in [0.2, 0.25) is 0 Å². The van der Waals surface area contributed by atoms with Crippen molar-refractivity contribution in [3.63, 3.8) is 0 Å². The molecule has 1 aliphatic rings. The third-order valence-corrected chi connectivity index (χ3v) is 5.78. The molecule has 0 amide bonds. The van der Waals surface area contributed by atoms with Crippen molar-refractivity contribution in [3.8, 4) is 11.4 Å². The zero-order chi connectivity index (χ0) is 20.2. The highest BCUT2D eigenvalue weighted by Gasteiger charge is 2.48. The van der Waals surface area contributed by atoms with E-state index in [4.69, 9.17) is 4.98 Å². The highest BCUT2D eigenvalue weighted by Crippen LogP contribution is 2.49. The molecule has 0 bridgehead atoms. The minimum Gasteiger partial charge on any atom is -0.303 e. The molecule has 1 fully saturated rings. The third kappa shape index (κ3) is 2.78. The van der Waals surface area contributed by atoms with E-state index in [-0.39, 0.29) is 11.5 Å².